The minimum Gasteiger partial charge on any atom is -0.480 e. The van der Waals surface area contributed by atoms with Crippen molar-refractivity contribution in [3.05, 3.63) is 28.5 Å². The fourth-order valence-corrected chi connectivity index (χ4v) is 2.25. The summed E-state index contributed by atoms with van der Waals surface area (Å²) in [6.07, 6.45) is -0.699. The van der Waals surface area contributed by atoms with E-state index >= 15 is 0 Å². The van der Waals surface area contributed by atoms with E-state index in [1.54, 1.807) is 26.0 Å². The molecule has 0 radical (unpaired) electrons. The lowest BCUT2D eigenvalue weighted by Crippen LogP contribution is -2.43. The van der Waals surface area contributed by atoms with Crippen LogP contribution in [-0.4, -0.2) is 57.4 Å². The summed E-state index contributed by atoms with van der Waals surface area (Å²) >= 11 is 3.22. The molecule has 1 aromatic rings. The lowest BCUT2D eigenvalue weighted by molar-refractivity contribution is -0.139. The smallest absolute Gasteiger partial charge is 0.263 e. The summed E-state index contributed by atoms with van der Waals surface area (Å²) in [6.45, 7) is 3.43. The molecule has 0 aliphatic carbocycles. The lowest BCUT2D eigenvalue weighted by Gasteiger charge is -2.26. The van der Waals surface area contributed by atoms with Crippen LogP contribution >= 0.6 is 15.9 Å². The van der Waals surface area contributed by atoms with Gasteiger partial charge in [0.2, 0.25) is 0 Å². The van der Waals surface area contributed by atoms with Gasteiger partial charge in [-0.2, -0.15) is 0 Å². The lowest BCUT2D eigenvalue weighted by atomic mass is 10.3. The second-order valence-corrected chi connectivity index (χ2v) is 5.50. The maximum absolute atomic E-state index is 13.1. The molecule has 1 amide bonds. The fraction of sp³-hybridized carbons (Fsp3) is 0.533. The molecule has 0 heterocycles. The van der Waals surface area contributed by atoms with Crippen LogP contribution in [0.15, 0.2) is 22.7 Å². The third-order valence-electron chi connectivity index (χ3n) is 2.99. The monoisotopic (exact) mass is 377 g/mol. The average Bonchev–Trinajstić information content (AvgIpc) is 2.49. The van der Waals surface area contributed by atoms with Crippen molar-refractivity contribution in [2.75, 3.05) is 40.5 Å². The molecule has 1 aromatic carbocycles. The van der Waals surface area contributed by atoms with Crippen molar-refractivity contribution in [2.24, 2.45) is 0 Å². The SMILES string of the molecule is COCCN(CCOC)C(=O)C(C)Oc1ccc(F)cc1Br. The van der Waals surface area contributed by atoms with Gasteiger partial charge in [0, 0.05) is 27.3 Å². The van der Waals surface area contributed by atoms with Crippen LogP contribution in [0.25, 0.3) is 0 Å². The molecule has 0 aliphatic rings. The quantitative estimate of drug-likeness (QED) is 0.663. The third kappa shape index (κ3) is 5.90. The van der Waals surface area contributed by atoms with Crippen molar-refractivity contribution < 1.29 is 23.4 Å². The average molecular weight is 378 g/mol. The van der Waals surface area contributed by atoms with Crippen molar-refractivity contribution >= 4 is 21.8 Å². The number of benzene rings is 1. The van der Waals surface area contributed by atoms with Gasteiger partial charge in [-0.1, -0.05) is 0 Å². The Morgan fingerprint density at radius 2 is 1.86 bits per heavy atom. The predicted octanol–water partition coefficient (Wildman–Crippen LogP) is 2.48. The normalized spacial score (nSPS) is 12.0. The maximum atomic E-state index is 13.1. The van der Waals surface area contributed by atoms with Crippen LogP contribution < -0.4 is 4.74 Å². The van der Waals surface area contributed by atoms with Crippen LogP contribution in [0.3, 0.4) is 0 Å². The number of amides is 1. The standard InChI is InChI=1S/C15H21BrFNO4/c1-11(22-14-5-4-12(17)10-13(14)16)15(19)18(6-8-20-2)7-9-21-3/h4-5,10-11H,6-9H2,1-3H3. The van der Waals surface area contributed by atoms with E-state index in [2.05, 4.69) is 15.9 Å². The number of ether oxygens (including phenoxy) is 3. The second-order valence-electron chi connectivity index (χ2n) is 4.65. The molecular formula is C15H21BrFNO4. The van der Waals surface area contributed by atoms with E-state index in [1.807, 2.05) is 0 Å². The molecule has 0 saturated carbocycles. The molecule has 1 rings (SSSR count). The van der Waals surface area contributed by atoms with Gasteiger partial charge < -0.3 is 19.1 Å². The fourth-order valence-electron chi connectivity index (χ4n) is 1.80. The summed E-state index contributed by atoms with van der Waals surface area (Å²) in [5, 5.41) is 0. The molecule has 1 unspecified atom stereocenters. The van der Waals surface area contributed by atoms with Crippen LogP contribution in [0.4, 0.5) is 4.39 Å². The van der Waals surface area contributed by atoms with Crippen LogP contribution in [-0.2, 0) is 14.3 Å². The van der Waals surface area contributed by atoms with E-state index in [4.69, 9.17) is 14.2 Å². The summed E-state index contributed by atoms with van der Waals surface area (Å²) in [4.78, 5) is 14.1. The second kappa shape index (κ2) is 9.76. The maximum Gasteiger partial charge on any atom is 0.263 e. The zero-order valence-electron chi connectivity index (χ0n) is 13.0. The number of hydrogen-bond donors (Lipinski definition) is 0. The first-order valence-electron chi connectivity index (χ1n) is 6.88. The zero-order valence-corrected chi connectivity index (χ0v) is 14.6. The van der Waals surface area contributed by atoms with Crippen LogP contribution in [0.1, 0.15) is 6.92 Å². The molecule has 7 heteroatoms. The van der Waals surface area contributed by atoms with Crippen molar-refractivity contribution in [3.8, 4) is 5.75 Å². The Balaban J connectivity index is 2.70. The van der Waals surface area contributed by atoms with Crippen LogP contribution in [0.2, 0.25) is 0 Å². The van der Waals surface area contributed by atoms with Crippen molar-refractivity contribution in [1.82, 2.24) is 4.90 Å². The minimum absolute atomic E-state index is 0.176. The Morgan fingerprint density at radius 3 is 2.36 bits per heavy atom. The third-order valence-corrected chi connectivity index (χ3v) is 3.61. The van der Waals surface area contributed by atoms with Gasteiger partial charge in [0.15, 0.2) is 6.10 Å². The Morgan fingerprint density at radius 1 is 1.27 bits per heavy atom. The summed E-state index contributed by atoms with van der Waals surface area (Å²) in [5.41, 5.74) is 0. The van der Waals surface area contributed by atoms with E-state index in [0.29, 0.717) is 36.5 Å². The van der Waals surface area contributed by atoms with Gasteiger partial charge in [0.05, 0.1) is 17.7 Å². The highest BCUT2D eigenvalue weighted by atomic mass is 79.9. The Bertz CT molecular complexity index is 479. The van der Waals surface area contributed by atoms with E-state index in [9.17, 15) is 9.18 Å². The minimum atomic E-state index is -0.699. The number of hydrogen-bond acceptors (Lipinski definition) is 4. The van der Waals surface area contributed by atoms with Crippen molar-refractivity contribution in [1.29, 1.82) is 0 Å². The predicted molar refractivity (Wildman–Crippen MR) is 84.5 cm³/mol. The van der Waals surface area contributed by atoms with E-state index in [0.717, 1.165) is 0 Å². The molecule has 0 saturated heterocycles. The highest BCUT2D eigenvalue weighted by Crippen LogP contribution is 2.26. The largest absolute Gasteiger partial charge is 0.480 e. The molecular weight excluding hydrogens is 357 g/mol. The van der Waals surface area contributed by atoms with Crippen molar-refractivity contribution in [3.63, 3.8) is 0 Å². The summed E-state index contributed by atoms with van der Waals surface area (Å²) in [5.74, 6) is -0.133. The Kier molecular flexibility index (Phi) is 8.37. The van der Waals surface area contributed by atoms with Crippen molar-refractivity contribution in [2.45, 2.75) is 13.0 Å². The molecule has 0 bridgehead atoms. The van der Waals surface area contributed by atoms with E-state index < -0.39 is 6.10 Å². The number of halogens is 2. The number of rotatable bonds is 9. The van der Waals surface area contributed by atoms with Gasteiger partial charge in [-0.15, -0.1) is 0 Å². The van der Waals surface area contributed by atoms with Gasteiger partial charge >= 0.3 is 0 Å². The van der Waals surface area contributed by atoms with E-state index in [1.165, 1.54) is 18.2 Å². The molecule has 0 aliphatic heterocycles. The van der Waals surface area contributed by atoms with Gasteiger partial charge in [-0.05, 0) is 41.1 Å². The topological polar surface area (TPSA) is 48.0 Å². The molecule has 22 heavy (non-hydrogen) atoms. The van der Waals surface area contributed by atoms with Gasteiger partial charge in [0.1, 0.15) is 11.6 Å². The van der Waals surface area contributed by atoms with Gasteiger partial charge in [-0.25, -0.2) is 4.39 Å². The number of carbonyl (C=O) groups is 1. The Labute approximate surface area is 138 Å². The first kappa shape index (κ1) is 18.9. The summed E-state index contributed by atoms with van der Waals surface area (Å²) < 4.78 is 29.2. The highest BCUT2D eigenvalue weighted by Gasteiger charge is 2.22. The van der Waals surface area contributed by atoms with Gasteiger partial charge in [0.25, 0.3) is 5.91 Å². The van der Waals surface area contributed by atoms with Gasteiger partial charge in [-0.3, -0.25) is 4.79 Å². The molecule has 0 N–H and O–H groups in total. The summed E-state index contributed by atoms with van der Waals surface area (Å²) in [6, 6.07) is 4.06. The first-order valence-corrected chi connectivity index (χ1v) is 7.67. The number of methoxy groups -OCH3 is 2. The van der Waals surface area contributed by atoms with Crippen LogP contribution in [0.5, 0.6) is 5.75 Å². The van der Waals surface area contributed by atoms with Crippen LogP contribution in [0, 0.1) is 5.82 Å². The number of carbonyl (C=O) groups excluding carboxylic acids is 1. The molecule has 0 fully saturated rings. The molecule has 1 atom stereocenters. The van der Waals surface area contributed by atoms with E-state index in [-0.39, 0.29) is 11.7 Å². The first-order chi connectivity index (χ1) is 10.5. The number of nitrogens with zero attached hydrogens (tertiary/aromatic N) is 1. The highest BCUT2D eigenvalue weighted by molar-refractivity contribution is 9.10. The molecule has 0 aromatic heterocycles. The molecule has 0 spiro atoms. The molecule has 124 valence electrons. The zero-order chi connectivity index (χ0) is 16.5. The Hall–Kier alpha value is -1.18. The summed E-state index contributed by atoms with van der Waals surface area (Å²) in [7, 11) is 3.16. The molecule has 5 nitrogen and oxygen atoms in total.